The number of nitrogens with one attached hydrogen (secondary N) is 1. The molecule has 1 fully saturated rings. The standard InChI is InChI=1S/C13H15ClFNO3S/c1-7-9(15)4-8(5-10(7)20(14,18)19)12(17)16-11-6-13(11,2)3/h4-5,11H,6H2,1-3H3,(H,16,17). The number of hydrogen-bond donors (Lipinski definition) is 1. The molecule has 1 unspecified atom stereocenters. The zero-order valence-electron chi connectivity index (χ0n) is 11.3. The zero-order valence-corrected chi connectivity index (χ0v) is 12.9. The second-order valence-corrected chi connectivity index (χ2v) is 8.27. The van der Waals surface area contributed by atoms with Gasteiger partial charge < -0.3 is 5.32 Å². The van der Waals surface area contributed by atoms with E-state index >= 15 is 0 Å². The molecule has 0 spiro atoms. The van der Waals surface area contributed by atoms with Crippen LogP contribution in [-0.2, 0) is 9.05 Å². The molecule has 20 heavy (non-hydrogen) atoms. The van der Waals surface area contributed by atoms with Gasteiger partial charge in [0.25, 0.3) is 15.0 Å². The van der Waals surface area contributed by atoms with Gasteiger partial charge in [0.1, 0.15) is 5.82 Å². The maximum Gasteiger partial charge on any atom is 0.261 e. The third-order valence-corrected chi connectivity index (χ3v) is 5.09. The monoisotopic (exact) mass is 319 g/mol. The summed E-state index contributed by atoms with van der Waals surface area (Å²) >= 11 is 0. The van der Waals surface area contributed by atoms with Crippen LogP contribution in [0.5, 0.6) is 0 Å². The lowest BCUT2D eigenvalue weighted by Gasteiger charge is -2.10. The van der Waals surface area contributed by atoms with Gasteiger partial charge in [-0.15, -0.1) is 0 Å². The highest BCUT2D eigenvalue weighted by atomic mass is 35.7. The van der Waals surface area contributed by atoms with Crippen molar-refractivity contribution >= 4 is 25.6 Å². The average molecular weight is 320 g/mol. The van der Waals surface area contributed by atoms with E-state index in [0.717, 1.165) is 18.6 Å². The minimum absolute atomic E-state index is 0.0235. The molecule has 0 aliphatic heterocycles. The number of halogens is 2. The number of benzene rings is 1. The third-order valence-electron chi connectivity index (χ3n) is 3.64. The fourth-order valence-electron chi connectivity index (χ4n) is 1.99. The Labute approximate surface area is 121 Å². The highest BCUT2D eigenvalue weighted by molar-refractivity contribution is 8.13. The van der Waals surface area contributed by atoms with Crippen LogP contribution in [0.1, 0.15) is 36.2 Å². The first-order valence-corrected chi connectivity index (χ1v) is 8.39. The van der Waals surface area contributed by atoms with E-state index in [1.807, 2.05) is 13.8 Å². The fraction of sp³-hybridized carbons (Fsp3) is 0.462. The van der Waals surface area contributed by atoms with Crippen molar-refractivity contribution in [2.75, 3.05) is 0 Å². The van der Waals surface area contributed by atoms with Gasteiger partial charge in [-0.2, -0.15) is 0 Å². The van der Waals surface area contributed by atoms with Gasteiger partial charge >= 0.3 is 0 Å². The molecular formula is C13H15ClFNO3S. The molecule has 7 heteroatoms. The van der Waals surface area contributed by atoms with Gasteiger partial charge in [0, 0.05) is 27.9 Å². The van der Waals surface area contributed by atoms with E-state index in [4.69, 9.17) is 10.7 Å². The summed E-state index contributed by atoms with van der Waals surface area (Å²) in [5.41, 5.74) is -0.112. The van der Waals surface area contributed by atoms with Crippen molar-refractivity contribution in [2.24, 2.45) is 5.41 Å². The van der Waals surface area contributed by atoms with Crippen molar-refractivity contribution in [2.45, 2.75) is 38.1 Å². The predicted molar refractivity (Wildman–Crippen MR) is 73.8 cm³/mol. The van der Waals surface area contributed by atoms with E-state index in [-0.39, 0.29) is 27.5 Å². The molecule has 1 aromatic carbocycles. The largest absolute Gasteiger partial charge is 0.349 e. The molecule has 0 saturated heterocycles. The van der Waals surface area contributed by atoms with Crippen LogP contribution in [0.2, 0.25) is 0 Å². The van der Waals surface area contributed by atoms with Crippen molar-refractivity contribution in [3.63, 3.8) is 0 Å². The number of hydrogen-bond acceptors (Lipinski definition) is 3. The highest BCUT2D eigenvalue weighted by Gasteiger charge is 2.46. The third kappa shape index (κ3) is 2.96. The molecule has 110 valence electrons. The molecule has 2 rings (SSSR count). The van der Waals surface area contributed by atoms with Gasteiger partial charge in [0.05, 0.1) is 4.90 Å². The number of carbonyl (C=O) groups excluding carboxylic acids is 1. The normalized spacial score (nSPS) is 20.6. The van der Waals surface area contributed by atoms with Crippen LogP contribution in [0.25, 0.3) is 0 Å². The molecule has 0 bridgehead atoms. The zero-order chi connectivity index (χ0) is 15.3. The van der Waals surface area contributed by atoms with Gasteiger partial charge in [-0.3, -0.25) is 4.79 Å². The second kappa shape index (κ2) is 4.70. The van der Waals surface area contributed by atoms with Crippen LogP contribution in [0.15, 0.2) is 17.0 Å². The Morgan fingerprint density at radius 2 is 2.00 bits per heavy atom. The summed E-state index contributed by atoms with van der Waals surface area (Å²) in [5, 5.41) is 2.74. The summed E-state index contributed by atoms with van der Waals surface area (Å²) < 4.78 is 36.5. The Morgan fingerprint density at radius 3 is 2.45 bits per heavy atom. The van der Waals surface area contributed by atoms with Crippen molar-refractivity contribution in [1.29, 1.82) is 0 Å². The number of carbonyl (C=O) groups is 1. The van der Waals surface area contributed by atoms with E-state index in [2.05, 4.69) is 5.32 Å². The number of amides is 1. The van der Waals surface area contributed by atoms with E-state index in [9.17, 15) is 17.6 Å². The number of rotatable bonds is 3. The van der Waals surface area contributed by atoms with Crippen LogP contribution >= 0.6 is 10.7 Å². The maximum absolute atomic E-state index is 13.7. The first-order valence-electron chi connectivity index (χ1n) is 6.08. The van der Waals surface area contributed by atoms with Gasteiger partial charge in [-0.05, 0) is 30.9 Å². The lowest BCUT2D eigenvalue weighted by molar-refractivity contribution is 0.0945. The van der Waals surface area contributed by atoms with Gasteiger partial charge in [0.2, 0.25) is 0 Å². The van der Waals surface area contributed by atoms with Gasteiger partial charge in [-0.25, -0.2) is 12.8 Å². The summed E-state index contributed by atoms with van der Waals surface area (Å²) in [7, 11) is 1.15. The molecule has 1 saturated carbocycles. The van der Waals surface area contributed by atoms with E-state index < -0.39 is 20.8 Å². The molecule has 0 radical (unpaired) electrons. The predicted octanol–water partition coefficient (Wildman–Crippen LogP) is 2.59. The Balaban J connectivity index is 2.34. The van der Waals surface area contributed by atoms with Crippen molar-refractivity contribution in [3.8, 4) is 0 Å². The summed E-state index contributed by atoms with van der Waals surface area (Å²) in [4.78, 5) is 11.6. The van der Waals surface area contributed by atoms with Crippen LogP contribution in [0.4, 0.5) is 4.39 Å². The molecule has 1 aromatic rings. The second-order valence-electron chi connectivity index (χ2n) is 5.74. The minimum atomic E-state index is -4.10. The highest BCUT2D eigenvalue weighted by Crippen LogP contribution is 2.44. The van der Waals surface area contributed by atoms with E-state index in [0.29, 0.717) is 0 Å². The topological polar surface area (TPSA) is 63.2 Å². The van der Waals surface area contributed by atoms with E-state index in [1.165, 1.54) is 6.92 Å². The first-order chi connectivity index (χ1) is 9.02. The molecule has 0 aromatic heterocycles. The lowest BCUT2D eigenvalue weighted by Crippen LogP contribution is -2.28. The van der Waals surface area contributed by atoms with Crippen LogP contribution in [0.3, 0.4) is 0 Å². The van der Waals surface area contributed by atoms with Crippen LogP contribution in [0, 0.1) is 18.2 Å². The van der Waals surface area contributed by atoms with Gasteiger partial charge in [-0.1, -0.05) is 13.8 Å². The van der Waals surface area contributed by atoms with Crippen molar-refractivity contribution in [1.82, 2.24) is 5.32 Å². The molecule has 1 aliphatic rings. The SMILES string of the molecule is Cc1c(F)cc(C(=O)NC2CC2(C)C)cc1S(=O)(=O)Cl. The summed E-state index contributed by atoms with van der Waals surface area (Å²) in [5.74, 6) is -1.27. The quantitative estimate of drug-likeness (QED) is 0.871. The Bertz CT molecular complexity index is 685. The molecule has 0 heterocycles. The van der Waals surface area contributed by atoms with Crippen LogP contribution in [-0.4, -0.2) is 20.4 Å². The fourth-order valence-corrected chi connectivity index (χ4v) is 3.20. The molecule has 4 nitrogen and oxygen atoms in total. The summed E-state index contributed by atoms with van der Waals surface area (Å²) in [6, 6.07) is 2.15. The molecule has 1 amide bonds. The minimum Gasteiger partial charge on any atom is -0.349 e. The first kappa shape index (κ1) is 15.3. The van der Waals surface area contributed by atoms with Gasteiger partial charge in [0.15, 0.2) is 0 Å². The van der Waals surface area contributed by atoms with Crippen LogP contribution < -0.4 is 5.32 Å². The maximum atomic E-state index is 13.7. The average Bonchev–Trinajstić information content (AvgIpc) is 2.87. The van der Waals surface area contributed by atoms with Crippen molar-refractivity contribution in [3.05, 3.63) is 29.1 Å². The summed E-state index contributed by atoms with van der Waals surface area (Å²) in [6.45, 7) is 5.31. The molecule has 1 atom stereocenters. The van der Waals surface area contributed by atoms with Crippen molar-refractivity contribution < 1.29 is 17.6 Å². The lowest BCUT2D eigenvalue weighted by atomic mass is 10.1. The Morgan fingerprint density at radius 1 is 1.45 bits per heavy atom. The van der Waals surface area contributed by atoms with E-state index in [1.54, 1.807) is 0 Å². The molecule has 1 aliphatic carbocycles. The molecular weight excluding hydrogens is 305 g/mol. The molecule has 1 N–H and O–H groups in total. The Hall–Kier alpha value is -1.14. The smallest absolute Gasteiger partial charge is 0.261 e. The Kier molecular flexibility index (Phi) is 3.59. The summed E-state index contributed by atoms with van der Waals surface area (Å²) in [6.07, 6.45) is 0.841.